The van der Waals surface area contributed by atoms with Gasteiger partial charge in [0, 0.05) is 18.1 Å². The zero-order valence-corrected chi connectivity index (χ0v) is 16.2. The van der Waals surface area contributed by atoms with Crippen LogP contribution in [-0.2, 0) is 17.8 Å². The number of Topliss-reactive ketones (excluding diaryl/α,β-unsaturated/α-hetero) is 1. The van der Waals surface area contributed by atoms with Crippen molar-refractivity contribution in [2.24, 2.45) is 0 Å². The second kappa shape index (κ2) is 8.56. The maximum Gasteiger partial charge on any atom is 0.217 e. The Kier molecular flexibility index (Phi) is 5.93. The Morgan fingerprint density at radius 3 is 2.36 bits per heavy atom. The summed E-state index contributed by atoms with van der Waals surface area (Å²) in [5, 5.41) is 15.2. The number of hydrogen-bond acceptors (Lipinski definition) is 5. The summed E-state index contributed by atoms with van der Waals surface area (Å²) in [6.45, 7) is 5.49. The smallest absolute Gasteiger partial charge is 0.217 e. The zero-order chi connectivity index (χ0) is 20.1. The second-order valence-corrected chi connectivity index (χ2v) is 6.66. The number of hydrogen-bond donors (Lipinski definition) is 1. The first-order valence-corrected chi connectivity index (χ1v) is 9.23. The van der Waals surface area contributed by atoms with Gasteiger partial charge in [0.05, 0.1) is 6.04 Å². The first-order valence-electron chi connectivity index (χ1n) is 9.23. The molecule has 0 bridgehead atoms. The molecule has 0 saturated carbocycles. The van der Waals surface area contributed by atoms with Gasteiger partial charge in [-0.05, 0) is 29.7 Å². The number of carbonyl (C=O) groups excluding carboxylic acids is 2. The van der Waals surface area contributed by atoms with E-state index in [2.05, 4.69) is 27.7 Å². The summed E-state index contributed by atoms with van der Waals surface area (Å²) >= 11 is 0. The molecule has 1 heterocycles. The Balaban J connectivity index is 1.66. The molecule has 0 aliphatic heterocycles. The highest BCUT2D eigenvalue weighted by molar-refractivity contribution is 5.95. The number of ketones is 1. The van der Waals surface area contributed by atoms with E-state index >= 15 is 0 Å². The van der Waals surface area contributed by atoms with E-state index in [0.29, 0.717) is 11.4 Å². The van der Waals surface area contributed by atoms with Crippen molar-refractivity contribution in [3.63, 3.8) is 0 Å². The van der Waals surface area contributed by atoms with Crippen molar-refractivity contribution in [1.82, 2.24) is 25.5 Å². The molecule has 3 rings (SSSR count). The summed E-state index contributed by atoms with van der Waals surface area (Å²) in [4.78, 5) is 25.0. The monoisotopic (exact) mass is 377 g/mol. The summed E-state index contributed by atoms with van der Waals surface area (Å²) in [5.41, 5.74) is 3.60. The Bertz CT molecular complexity index is 961. The maximum absolute atomic E-state index is 12.5. The van der Waals surface area contributed by atoms with E-state index in [9.17, 15) is 9.59 Å². The highest BCUT2D eigenvalue weighted by atomic mass is 16.1. The SMILES string of the molecule is CCc1ccc(-c2nnn(CC(=O)c3ccc([C@@H](C)NC(C)=O)cc3)n2)cc1. The van der Waals surface area contributed by atoms with Crippen LogP contribution in [0.15, 0.2) is 48.5 Å². The van der Waals surface area contributed by atoms with E-state index in [1.165, 1.54) is 17.3 Å². The number of benzene rings is 2. The van der Waals surface area contributed by atoms with Crippen LogP contribution in [0, 0.1) is 0 Å². The first-order chi connectivity index (χ1) is 13.5. The number of nitrogens with zero attached hydrogens (tertiary/aromatic N) is 4. The third-order valence-electron chi connectivity index (χ3n) is 4.51. The van der Waals surface area contributed by atoms with Crippen LogP contribution < -0.4 is 5.32 Å². The van der Waals surface area contributed by atoms with E-state index in [1.54, 1.807) is 12.1 Å². The Morgan fingerprint density at radius 2 is 1.75 bits per heavy atom. The number of aryl methyl sites for hydroxylation is 1. The number of rotatable bonds is 7. The molecule has 0 spiro atoms. The van der Waals surface area contributed by atoms with Crippen LogP contribution in [-0.4, -0.2) is 31.9 Å². The molecule has 2 aromatic carbocycles. The van der Waals surface area contributed by atoms with E-state index in [0.717, 1.165) is 17.5 Å². The minimum absolute atomic E-state index is 0.0145. The summed E-state index contributed by atoms with van der Waals surface area (Å²) in [6.07, 6.45) is 0.970. The summed E-state index contributed by atoms with van der Waals surface area (Å²) in [7, 11) is 0. The van der Waals surface area contributed by atoms with Crippen LogP contribution >= 0.6 is 0 Å². The van der Waals surface area contributed by atoms with Crippen LogP contribution in [0.4, 0.5) is 0 Å². The Hall–Kier alpha value is -3.35. The lowest BCUT2D eigenvalue weighted by Crippen LogP contribution is -2.23. The predicted octanol–water partition coefficient (Wildman–Crippen LogP) is 2.98. The Labute approximate surface area is 163 Å². The molecule has 0 fully saturated rings. The van der Waals surface area contributed by atoms with E-state index in [4.69, 9.17) is 0 Å². The number of carbonyl (C=O) groups is 2. The van der Waals surface area contributed by atoms with Crippen LogP contribution in [0.3, 0.4) is 0 Å². The molecule has 1 atom stereocenters. The van der Waals surface area contributed by atoms with Gasteiger partial charge in [-0.25, -0.2) is 0 Å². The van der Waals surface area contributed by atoms with E-state index in [-0.39, 0.29) is 24.3 Å². The van der Waals surface area contributed by atoms with Gasteiger partial charge >= 0.3 is 0 Å². The lowest BCUT2D eigenvalue weighted by Gasteiger charge is -2.13. The number of tetrazole rings is 1. The van der Waals surface area contributed by atoms with Crippen molar-refractivity contribution < 1.29 is 9.59 Å². The molecule has 1 amide bonds. The molecule has 0 radical (unpaired) electrons. The molecule has 0 aliphatic rings. The van der Waals surface area contributed by atoms with Crippen molar-refractivity contribution in [1.29, 1.82) is 0 Å². The molecule has 28 heavy (non-hydrogen) atoms. The highest BCUT2D eigenvalue weighted by Crippen LogP contribution is 2.16. The average molecular weight is 377 g/mol. The van der Waals surface area contributed by atoms with Gasteiger partial charge in [0.25, 0.3) is 0 Å². The second-order valence-electron chi connectivity index (χ2n) is 6.66. The molecule has 7 nitrogen and oxygen atoms in total. The minimum Gasteiger partial charge on any atom is -0.350 e. The standard InChI is InChI=1S/C21H23N5O2/c1-4-16-5-7-19(8-6-16)21-23-25-26(24-21)13-20(28)18-11-9-17(10-12-18)14(2)22-15(3)27/h5-12,14H,4,13H2,1-3H3,(H,22,27)/t14-/m1/s1. The molecule has 0 saturated heterocycles. The number of nitrogens with one attached hydrogen (secondary N) is 1. The van der Waals surface area contributed by atoms with Crippen molar-refractivity contribution in [2.75, 3.05) is 0 Å². The lowest BCUT2D eigenvalue weighted by atomic mass is 10.0. The predicted molar refractivity (Wildman–Crippen MR) is 106 cm³/mol. The van der Waals surface area contributed by atoms with Crippen molar-refractivity contribution >= 4 is 11.7 Å². The van der Waals surface area contributed by atoms with Crippen molar-refractivity contribution in [2.45, 2.75) is 39.8 Å². The molecule has 144 valence electrons. The van der Waals surface area contributed by atoms with Crippen LogP contribution in [0.2, 0.25) is 0 Å². The molecule has 1 N–H and O–H groups in total. The van der Waals surface area contributed by atoms with Gasteiger partial charge < -0.3 is 5.32 Å². The quantitative estimate of drug-likeness (QED) is 0.639. The molecular weight excluding hydrogens is 354 g/mol. The molecule has 7 heteroatoms. The third kappa shape index (κ3) is 4.68. The number of aromatic nitrogens is 4. The Morgan fingerprint density at radius 1 is 1.07 bits per heavy atom. The summed E-state index contributed by atoms with van der Waals surface area (Å²) in [5.74, 6) is 0.295. The zero-order valence-electron chi connectivity index (χ0n) is 16.2. The fourth-order valence-electron chi connectivity index (χ4n) is 2.88. The van der Waals surface area contributed by atoms with Gasteiger partial charge in [-0.15, -0.1) is 10.2 Å². The number of amides is 1. The van der Waals surface area contributed by atoms with Crippen LogP contribution in [0.25, 0.3) is 11.4 Å². The van der Waals surface area contributed by atoms with Gasteiger partial charge in [0.1, 0.15) is 6.54 Å². The van der Waals surface area contributed by atoms with Gasteiger partial charge in [-0.3, -0.25) is 9.59 Å². The maximum atomic E-state index is 12.5. The summed E-state index contributed by atoms with van der Waals surface area (Å²) in [6, 6.07) is 15.0. The average Bonchev–Trinajstić information content (AvgIpc) is 3.16. The molecule has 3 aromatic rings. The van der Waals surface area contributed by atoms with Gasteiger partial charge in [-0.1, -0.05) is 55.5 Å². The fraction of sp³-hybridized carbons (Fsp3) is 0.286. The van der Waals surface area contributed by atoms with Crippen molar-refractivity contribution in [3.8, 4) is 11.4 Å². The van der Waals surface area contributed by atoms with Gasteiger partial charge in [-0.2, -0.15) is 4.80 Å². The van der Waals surface area contributed by atoms with Crippen LogP contribution in [0.5, 0.6) is 0 Å². The summed E-state index contributed by atoms with van der Waals surface area (Å²) < 4.78 is 0. The first kappa shape index (κ1) is 19.4. The lowest BCUT2D eigenvalue weighted by molar-refractivity contribution is -0.119. The minimum atomic E-state index is -0.111. The molecule has 0 unspecified atom stereocenters. The van der Waals surface area contributed by atoms with E-state index < -0.39 is 0 Å². The van der Waals surface area contributed by atoms with E-state index in [1.807, 2.05) is 43.3 Å². The largest absolute Gasteiger partial charge is 0.350 e. The molecule has 1 aromatic heterocycles. The topological polar surface area (TPSA) is 89.8 Å². The van der Waals surface area contributed by atoms with Gasteiger partial charge in [0.15, 0.2) is 5.78 Å². The normalized spacial score (nSPS) is 11.8. The molecular formula is C21H23N5O2. The highest BCUT2D eigenvalue weighted by Gasteiger charge is 2.13. The van der Waals surface area contributed by atoms with Crippen molar-refractivity contribution in [3.05, 3.63) is 65.2 Å². The van der Waals surface area contributed by atoms with Gasteiger partial charge in [0.2, 0.25) is 11.7 Å². The fourth-order valence-corrected chi connectivity index (χ4v) is 2.88. The molecule has 0 aliphatic carbocycles. The third-order valence-corrected chi connectivity index (χ3v) is 4.51. The van der Waals surface area contributed by atoms with Crippen LogP contribution in [0.1, 0.15) is 48.3 Å².